The van der Waals surface area contributed by atoms with Crippen molar-refractivity contribution in [3.63, 3.8) is 0 Å². The van der Waals surface area contributed by atoms with Crippen LogP contribution in [0.2, 0.25) is 0 Å². The van der Waals surface area contributed by atoms with Gasteiger partial charge in [0, 0.05) is 18.4 Å². The summed E-state index contributed by atoms with van der Waals surface area (Å²) in [7, 11) is 0. The number of nitrogens with zero attached hydrogens (tertiary/aromatic N) is 2. The van der Waals surface area contributed by atoms with Gasteiger partial charge in [0.25, 0.3) is 5.89 Å². The fourth-order valence-corrected chi connectivity index (χ4v) is 2.35. The number of aryl methyl sites for hydroxylation is 2. The third-order valence-corrected chi connectivity index (χ3v) is 3.40. The molecular weight excluding hydrogens is 256 g/mol. The van der Waals surface area contributed by atoms with E-state index in [1.807, 2.05) is 25.1 Å². The molecule has 0 saturated carbocycles. The summed E-state index contributed by atoms with van der Waals surface area (Å²) < 4.78 is 11.0. The van der Waals surface area contributed by atoms with Gasteiger partial charge in [-0.05, 0) is 36.6 Å². The zero-order chi connectivity index (χ0) is 13.9. The van der Waals surface area contributed by atoms with Crippen molar-refractivity contribution in [2.24, 2.45) is 0 Å². The zero-order valence-electron chi connectivity index (χ0n) is 11.4. The molecule has 0 fully saturated rings. The summed E-state index contributed by atoms with van der Waals surface area (Å²) in [5.41, 5.74) is 1.90. The van der Waals surface area contributed by atoms with E-state index >= 15 is 0 Å². The van der Waals surface area contributed by atoms with Crippen molar-refractivity contribution >= 4 is 5.78 Å². The third kappa shape index (κ3) is 2.57. The number of fused-ring (bicyclic) bond motifs is 1. The van der Waals surface area contributed by atoms with Crippen LogP contribution in [-0.4, -0.2) is 16.0 Å². The number of benzene rings is 1. The van der Waals surface area contributed by atoms with Crippen LogP contribution >= 0.6 is 0 Å². The lowest BCUT2D eigenvalue weighted by Crippen LogP contribution is -2.10. The van der Waals surface area contributed by atoms with Crippen LogP contribution in [0, 0.1) is 0 Å². The van der Waals surface area contributed by atoms with Gasteiger partial charge in [-0.25, -0.2) is 0 Å². The van der Waals surface area contributed by atoms with Gasteiger partial charge < -0.3 is 9.15 Å². The second-order valence-electron chi connectivity index (χ2n) is 4.83. The van der Waals surface area contributed by atoms with Gasteiger partial charge in [0.15, 0.2) is 12.4 Å². The number of ketones is 1. The predicted octanol–water partition coefficient (Wildman–Crippen LogP) is 2.73. The van der Waals surface area contributed by atoms with E-state index in [0.29, 0.717) is 24.6 Å². The van der Waals surface area contributed by atoms with Gasteiger partial charge in [-0.1, -0.05) is 6.92 Å². The van der Waals surface area contributed by atoms with Crippen LogP contribution in [0.5, 0.6) is 5.75 Å². The molecule has 0 radical (unpaired) electrons. The Kier molecular flexibility index (Phi) is 3.50. The second-order valence-corrected chi connectivity index (χ2v) is 4.83. The normalized spacial score (nSPS) is 14.2. The Hall–Kier alpha value is -2.17. The van der Waals surface area contributed by atoms with Crippen LogP contribution in [0.15, 0.2) is 22.6 Å². The van der Waals surface area contributed by atoms with Crippen molar-refractivity contribution < 1.29 is 13.9 Å². The Bertz CT molecular complexity index is 634. The highest BCUT2D eigenvalue weighted by Gasteiger charge is 2.17. The van der Waals surface area contributed by atoms with Gasteiger partial charge >= 0.3 is 0 Å². The van der Waals surface area contributed by atoms with Crippen molar-refractivity contribution in [1.82, 2.24) is 10.2 Å². The SMILES string of the molecule is CCc1nnc(COc2ccc3c(c2)CCCC3=O)o1. The van der Waals surface area contributed by atoms with Gasteiger partial charge in [0.05, 0.1) is 0 Å². The fraction of sp³-hybridized carbons (Fsp3) is 0.400. The Morgan fingerprint density at radius 3 is 2.90 bits per heavy atom. The number of aromatic nitrogens is 2. The minimum absolute atomic E-state index is 0.224. The molecule has 2 aromatic rings. The molecule has 3 rings (SSSR count). The van der Waals surface area contributed by atoms with Crippen LogP contribution in [0.3, 0.4) is 0 Å². The zero-order valence-corrected chi connectivity index (χ0v) is 11.4. The minimum Gasteiger partial charge on any atom is -0.484 e. The summed E-state index contributed by atoms with van der Waals surface area (Å²) in [6, 6.07) is 5.60. The molecule has 104 valence electrons. The Morgan fingerprint density at radius 2 is 2.10 bits per heavy atom. The lowest BCUT2D eigenvalue weighted by molar-refractivity contribution is 0.0972. The number of carbonyl (C=O) groups is 1. The molecule has 1 heterocycles. The molecule has 20 heavy (non-hydrogen) atoms. The molecule has 0 bridgehead atoms. The van der Waals surface area contributed by atoms with E-state index in [-0.39, 0.29) is 12.4 Å². The van der Waals surface area contributed by atoms with Crippen LogP contribution in [-0.2, 0) is 19.4 Å². The number of hydrogen-bond acceptors (Lipinski definition) is 5. The number of Topliss-reactive ketones (excluding diaryl/α,β-unsaturated/α-hetero) is 1. The number of ether oxygens (including phenoxy) is 1. The first-order valence-corrected chi connectivity index (χ1v) is 6.86. The average Bonchev–Trinajstić information content (AvgIpc) is 2.93. The second kappa shape index (κ2) is 5.45. The standard InChI is InChI=1S/C15H16N2O3/c1-2-14-16-17-15(20-14)9-19-11-6-7-12-10(8-11)4-3-5-13(12)18/h6-8H,2-5,9H2,1H3. The predicted molar refractivity (Wildman–Crippen MR) is 71.7 cm³/mol. The highest BCUT2D eigenvalue weighted by molar-refractivity contribution is 5.98. The maximum absolute atomic E-state index is 11.7. The van der Waals surface area contributed by atoms with Crippen molar-refractivity contribution in [3.05, 3.63) is 41.1 Å². The molecule has 0 saturated heterocycles. The number of rotatable bonds is 4. The number of carbonyl (C=O) groups excluding carboxylic acids is 1. The molecular formula is C15H16N2O3. The van der Waals surface area contributed by atoms with E-state index in [1.54, 1.807) is 0 Å². The summed E-state index contributed by atoms with van der Waals surface area (Å²) in [5, 5.41) is 7.79. The third-order valence-electron chi connectivity index (χ3n) is 3.40. The maximum Gasteiger partial charge on any atom is 0.253 e. The smallest absolute Gasteiger partial charge is 0.253 e. The van der Waals surface area contributed by atoms with E-state index in [2.05, 4.69) is 10.2 Å². The highest BCUT2D eigenvalue weighted by atomic mass is 16.5. The van der Waals surface area contributed by atoms with E-state index < -0.39 is 0 Å². The van der Waals surface area contributed by atoms with Gasteiger partial charge in [-0.15, -0.1) is 10.2 Å². The van der Waals surface area contributed by atoms with Crippen LogP contribution in [0.25, 0.3) is 0 Å². The summed E-state index contributed by atoms with van der Waals surface area (Å²) in [6.07, 6.45) is 3.21. The molecule has 0 spiro atoms. The summed E-state index contributed by atoms with van der Waals surface area (Å²) >= 11 is 0. The minimum atomic E-state index is 0.224. The van der Waals surface area contributed by atoms with Gasteiger partial charge in [0.1, 0.15) is 5.75 Å². The molecule has 1 aromatic heterocycles. The van der Waals surface area contributed by atoms with Crippen molar-refractivity contribution in [1.29, 1.82) is 0 Å². The quantitative estimate of drug-likeness (QED) is 0.856. The Morgan fingerprint density at radius 1 is 1.25 bits per heavy atom. The molecule has 0 N–H and O–H groups in total. The summed E-state index contributed by atoms with van der Waals surface area (Å²) in [6.45, 7) is 2.21. The van der Waals surface area contributed by atoms with Crippen molar-refractivity contribution in [2.75, 3.05) is 0 Å². The van der Waals surface area contributed by atoms with Gasteiger partial charge in [-0.2, -0.15) is 0 Å². The molecule has 1 aromatic carbocycles. The monoisotopic (exact) mass is 272 g/mol. The topological polar surface area (TPSA) is 65.2 Å². The summed E-state index contributed by atoms with van der Waals surface area (Å²) in [4.78, 5) is 11.7. The fourth-order valence-electron chi connectivity index (χ4n) is 2.35. The lowest BCUT2D eigenvalue weighted by Gasteiger charge is -2.15. The molecule has 0 aliphatic heterocycles. The first-order valence-electron chi connectivity index (χ1n) is 6.86. The van der Waals surface area contributed by atoms with E-state index in [0.717, 1.165) is 29.7 Å². The first-order chi connectivity index (χ1) is 9.76. The van der Waals surface area contributed by atoms with E-state index in [1.165, 1.54) is 0 Å². The van der Waals surface area contributed by atoms with E-state index in [9.17, 15) is 4.79 Å². The van der Waals surface area contributed by atoms with Crippen LogP contribution in [0.1, 0.15) is 47.5 Å². The Balaban J connectivity index is 1.70. The summed E-state index contributed by atoms with van der Waals surface area (Å²) in [5.74, 6) is 2.03. The van der Waals surface area contributed by atoms with Crippen LogP contribution in [0.4, 0.5) is 0 Å². The van der Waals surface area contributed by atoms with Crippen LogP contribution < -0.4 is 4.74 Å². The average molecular weight is 272 g/mol. The van der Waals surface area contributed by atoms with Gasteiger partial charge in [0.2, 0.25) is 5.89 Å². The van der Waals surface area contributed by atoms with Crippen molar-refractivity contribution in [2.45, 2.75) is 39.2 Å². The molecule has 0 unspecified atom stereocenters. The highest BCUT2D eigenvalue weighted by Crippen LogP contribution is 2.25. The van der Waals surface area contributed by atoms with E-state index in [4.69, 9.17) is 9.15 Å². The van der Waals surface area contributed by atoms with Gasteiger partial charge in [-0.3, -0.25) is 4.79 Å². The largest absolute Gasteiger partial charge is 0.484 e. The molecule has 0 atom stereocenters. The lowest BCUT2D eigenvalue weighted by atomic mass is 9.91. The first kappa shape index (κ1) is 12.8. The molecule has 5 heteroatoms. The molecule has 1 aliphatic rings. The maximum atomic E-state index is 11.7. The molecule has 1 aliphatic carbocycles. The molecule has 0 amide bonds. The molecule has 5 nitrogen and oxygen atoms in total. The number of hydrogen-bond donors (Lipinski definition) is 0. The van der Waals surface area contributed by atoms with Crippen molar-refractivity contribution in [3.8, 4) is 5.75 Å². The Labute approximate surface area is 117 Å².